The highest BCUT2D eigenvalue weighted by Crippen LogP contribution is 2.76. The lowest BCUT2D eigenvalue weighted by Crippen LogP contribution is -2.68. The highest BCUT2D eigenvalue weighted by molar-refractivity contribution is 5.80. The summed E-state index contributed by atoms with van der Waals surface area (Å²) in [5, 5.41) is 130. The van der Waals surface area contributed by atoms with Crippen LogP contribution in [0.25, 0.3) is 0 Å². The molecule has 0 unspecified atom stereocenters. The zero-order chi connectivity index (χ0) is 53.3. The summed E-state index contributed by atoms with van der Waals surface area (Å²) in [6, 6.07) is 0. The fourth-order valence-corrected chi connectivity index (χ4v) is 16.0. The molecule has 0 aromatic carbocycles. The molecule has 418 valence electrons. The van der Waals surface area contributed by atoms with Crippen molar-refractivity contribution in [1.82, 2.24) is 0 Å². The Morgan fingerprint density at radius 2 is 1.25 bits per heavy atom. The maximum absolute atomic E-state index is 15.3. The molecule has 0 spiro atoms. The molecule has 21 heteroatoms. The van der Waals surface area contributed by atoms with E-state index in [1.807, 2.05) is 0 Å². The molecule has 12 N–H and O–H groups in total. The van der Waals surface area contributed by atoms with Crippen molar-refractivity contribution in [2.45, 2.75) is 236 Å². The summed E-state index contributed by atoms with van der Waals surface area (Å²) >= 11 is 0. The Hall–Kier alpha value is -1.55. The van der Waals surface area contributed by atoms with E-state index in [-0.39, 0.29) is 53.6 Å². The minimum Gasteiger partial charge on any atom is -0.432 e. The molecule has 5 aliphatic carbocycles. The van der Waals surface area contributed by atoms with Crippen LogP contribution in [0.1, 0.15) is 113 Å². The zero-order valence-electron chi connectivity index (χ0n) is 43.4. The van der Waals surface area contributed by atoms with Gasteiger partial charge < -0.3 is 99.2 Å². The number of carbonyl (C=O) groups is 1. The van der Waals surface area contributed by atoms with Crippen molar-refractivity contribution in [2.24, 2.45) is 50.2 Å². The van der Waals surface area contributed by atoms with Gasteiger partial charge in [0.05, 0.1) is 38.1 Å². The van der Waals surface area contributed by atoms with Gasteiger partial charge in [0.2, 0.25) is 6.29 Å². The third-order valence-electron chi connectivity index (χ3n) is 20.6. The molecule has 9 rings (SSSR count). The lowest BCUT2D eigenvalue weighted by molar-refractivity contribution is -0.369. The van der Waals surface area contributed by atoms with E-state index in [1.54, 1.807) is 0 Å². The maximum Gasteiger partial charge on any atom is 0.317 e. The zero-order valence-corrected chi connectivity index (χ0v) is 43.4. The van der Waals surface area contributed by atoms with Crippen LogP contribution in [0.4, 0.5) is 0 Å². The van der Waals surface area contributed by atoms with Crippen LogP contribution in [-0.4, -0.2) is 210 Å². The van der Waals surface area contributed by atoms with Crippen molar-refractivity contribution in [2.75, 3.05) is 19.8 Å². The molecule has 0 bridgehead atoms. The highest BCUT2D eigenvalue weighted by atomic mass is 16.8. The molecular weight excluding hydrogens is 961 g/mol. The number of aliphatic hydroxyl groups is 12. The quantitative estimate of drug-likeness (QED) is 0.0767. The number of ether oxygens (including phenoxy) is 8. The number of allylic oxidation sites excluding steroid dienone is 2. The topological polar surface area (TPSA) is 334 Å². The summed E-state index contributed by atoms with van der Waals surface area (Å²) in [4.78, 5) is 15.3. The first-order chi connectivity index (χ1) is 34.1. The predicted molar refractivity (Wildman–Crippen MR) is 251 cm³/mol. The molecule has 0 aromatic heterocycles. The number of hydrogen-bond acceptors (Lipinski definition) is 21. The molecule has 4 saturated heterocycles. The van der Waals surface area contributed by atoms with Gasteiger partial charge in [-0.1, -0.05) is 60.1 Å². The minimum absolute atomic E-state index is 0.161. The van der Waals surface area contributed by atoms with Crippen molar-refractivity contribution in [3.8, 4) is 0 Å². The average Bonchev–Trinajstić information content (AvgIpc) is 3.32. The molecule has 9 aliphatic rings. The molecule has 0 amide bonds. The van der Waals surface area contributed by atoms with Crippen LogP contribution in [0.2, 0.25) is 0 Å². The van der Waals surface area contributed by atoms with Crippen molar-refractivity contribution in [3.05, 3.63) is 11.6 Å². The Morgan fingerprint density at radius 1 is 0.630 bits per heavy atom. The van der Waals surface area contributed by atoms with Crippen LogP contribution < -0.4 is 0 Å². The van der Waals surface area contributed by atoms with E-state index in [4.69, 9.17) is 37.9 Å². The molecule has 21 nitrogen and oxygen atoms in total. The second-order valence-electron chi connectivity index (χ2n) is 25.5. The predicted octanol–water partition coefficient (Wildman–Crippen LogP) is -0.759. The lowest BCUT2D eigenvalue weighted by Gasteiger charge is -2.71. The van der Waals surface area contributed by atoms with E-state index >= 15 is 4.79 Å². The Balaban J connectivity index is 0.944. The van der Waals surface area contributed by atoms with Crippen LogP contribution in [0.5, 0.6) is 0 Å². The summed E-state index contributed by atoms with van der Waals surface area (Å²) in [7, 11) is 0. The van der Waals surface area contributed by atoms with Gasteiger partial charge in [0.15, 0.2) is 25.0 Å². The summed E-state index contributed by atoms with van der Waals surface area (Å²) < 4.78 is 47.5. The molecule has 4 saturated carbocycles. The monoisotopic (exact) mass is 1040 g/mol. The van der Waals surface area contributed by atoms with Gasteiger partial charge in [-0.3, -0.25) is 4.79 Å². The normalized spacial score (nSPS) is 54.7. The standard InChI is InChI=1S/C52H84O21/c1-22-40(71-42-37(62)32(57)25(54)20-66-42)36(61)39(64)43(68-22)72-41-33(58)26(55)21-67-45(41)73-46(65)52-16-15-47(2,3)17-24(52)23-9-10-29-49(6)13-12-31(70-44-38(63)35(60)34(59)27(19-53)69-44)48(4,5)28(49)11-14-50(29,7)51(23,8)18-30(52)56/h9,22,24-45,53-64H,10-21H2,1-8H3/t22-,24-,25+,26-,27+,28-,29+,30+,31-,32-,33-,34+,35-,36-,37+,38+,39+,40-,41-,42-,43-,44-,45+,49-,50+,51+,52+/m0/s1. The van der Waals surface area contributed by atoms with E-state index in [0.29, 0.717) is 19.3 Å². The minimum atomic E-state index is -1.87. The molecular formula is C52H84O21. The number of carbonyl (C=O) groups excluding carboxylic acids is 1. The smallest absolute Gasteiger partial charge is 0.317 e. The third-order valence-corrected chi connectivity index (χ3v) is 20.6. The molecule has 73 heavy (non-hydrogen) atoms. The van der Waals surface area contributed by atoms with Crippen LogP contribution in [0.15, 0.2) is 11.6 Å². The van der Waals surface area contributed by atoms with Crippen LogP contribution in [0, 0.1) is 50.2 Å². The molecule has 0 aromatic rings. The third kappa shape index (κ3) is 9.01. The molecule has 0 radical (unpaired) electrons. The fourth-order valence-electron chi connectivity index (χ4n) is 16.0. The largest absolute Gasteiger partial charge is 0.432 e. The summed E-state index contributed by atoms with van der Waals surface area (Å²) in [5.41, 5.74) is -2.04. The molecule has 4 aliphatic heterocycles. The second-order valence-corrected chi connectivity index (χ2v) is 25.5. The number of fused-ring (bicyclic) bond motifs is 7. The Kier molecular flexibility index (Phi) is 15.4. The molecule has 4 heterocycles. The van der Waals surface area contributed by atoms with Gasteiger partial charge in [0.25, 0.3) is 0 Å². The second kappa shape index (κ2) is 20.0. The van der Waals surface area contributed by atoms with Gasteiger partial charge in [0.1, 0.15) is 78.7 Å². The van der Waals surface area contributed by atoms with E-state index in [9.17, 15) is 61.3 Å². The Morgan fingerprint density at radius 3 is 1.93 bits per heavy atom. The average molecular weight is 1050 g/mol. The maximum atomic E-state index is 15.3. The van der Waals surface area contributed by atoms with Crippen LogP contribution >= 0.6 is 0 Å². The van der Waals surface area contributed by atoms with E-state index < -0.39 is 158 Å². The van der Waals surface area contributed by atoms with E-state index in [0.717, 1.165) is 31.3 Å². The van der Waals surface area contributed by atoms with E-state index in [2.05, 4.69) is 54.5 Å². The van der Waals surface area contributed by atoms with Gasteiger partial charge in [-0.05, 0) is 110 Å². The van der Waals surface area contributed by atoms with Crippen LogP contribution in [-0.2, 0) is 42.7 Å². The highest BCUT2D eigenvalue weighted by Gasteiger charge is 2.72. The Bertz CT molecular complexity index is 2020. The number of rotatable bonds is 9. The van der Waals surface area contributed by atoms with Crippen LogP contribution in [0.3, 0.4) is 0 Å². The van der Waals surface area contributed by atoms with Crippen molar-refractivity contribution < 1.29 is 104 Å². The summed E-state index contributed by atoms with van der Waals surface area (Å²) in [5.74, 6) is -0.878. The summed E-state index contributed by atoms with van der Waals surface area (Å²) in [6.45, 7) is 15.8. The van der Waals surface area contributed by atoms with Crippen molar-refractivity contribution in [1.29, 1.82) is 0 Å². The van der Waals surface area contributed by atoms with Gasteiger partial charge in [-0.15, -0.1) is 0 Å². The fraction of sp³-hybridized carbons (Fsp3) is 0.942. The molecule has 8 fully saturated rings. The SMILES string of the molecule is C[C@@H]1O[C@@H](O[C@@H]2[C@@H](OC(=O)[C@]34CCC(C)(C)C[C@H]3C3=CC[C@@H]5[C@@]6(C)CC[C@H](O[C@@H]7O[C@H](CO)[C@@H](O)[C@H](O)[C@H]7O)C(C)(C)[C@@H]6CC[C@@]5(C)[C@]3(C)C[C@H]4O)OC[C@H](O)[C@@H]2O)[C@H](O)[C@H](O)[C@H]1O[C@@H]1OC[C@@H](O)[C@H](O)[C@H]1O. The first-order valence-electron chi connectivity index (χ1n) is 26.6. The van der Waals surface area contributed by atoms with Gasteiger partial charge in [-0.25, -0.2) is 0 Å². The van der Waals surface area contributed by atoms with Gasteiger partial charge in [-0.2, -0.15) is 0 Å². The molecule has 27 atom stereocenters. The van der Waals surface area contributed by atoms with Crippen molar-refractivity contribution >= 4 is 5.97 Å². The number of aliphatic hydroxyl groups excluding tert-OH is 12. The first-order valence-corrected chi connectivity index (χ1v) is 26.6. The van der Waals surface area contributed by atoms with Gasteiger partial charge in [0, 0.05) is 0 Å². The van der Waals surface area contributed by atoms with Crippen molar-refractivity contribution in [3.63, 3.8) is 0 Å². The first kappa shape index (κ1) is 56.2. The van der Waals surface area contributed by atoms with Gasteiger partial charge >= 0.3 is 5.97 Å². The lowest BCUT2D eigenvalue weighted by atomic mass is 9.33. The summed E-state index contributed by atoms with van der Waals surface area (Å²) in [6.07, 6.45) is -21.0. The Labute approximate surface area is 426 Å². The van der Waals surface area contributed by atoms with E-state index in [1.165, 1.54) is 6.92 Å². The number of hydrogen-bond donors (Lipinski definition) is 12. The number of esters is 1.